The van der Waals surface area contributed by atoms with E-state index in [0.29, 0.717) is 0 Å². The molecule has 2 heterocycles. The van der Waals surface area contributed by atoms with E-state index < -0.39 is 0 Å². The summed E-state index contributed by atoms with van der Waals surface area (Å²) in [6.45, 7) is 5.19. The fraction of sp³-hybridized carbons (Fsp3) is 0.375. The molecule has 106 valence electrons. The normalized spacial score (nSPS) is 12.3. The van der Waals surface area contributed by atoms with Gasteiger partial charge in [-0.05, 0) is 66.0 Å². The Bertz CT molecular complexity index is 557. The number of hydrogen-bond acceptors (Lipinski definition) is 3. The number of pyridine rings is 2. The minimum atomic E-state index is 0.228. The lowest BCUT2D eigenvalue weighted by molar-refractivity contribution is 0.516. The summed E-state index contributed by atoms with van der Waals surface area (Å²) in [6.07, 6.45) is 5.73. The highest BCUT2D eigenvalue weighted by Crippen LogP contribution is 2.19. The van der Waals surface area contributed by atoms with Crippen molar-refractivity contribution in [2.45, 2.75) is 32.7 Å². The molecule has 2 rings (SSSR count). The van der Waals surface area contributed by atoms with Gasteiger partial charge in [-0.1, -0.05) is 13.0 Å². The smallest absolute Gasteiger partial charge is 0.0579 e. The van der Waals surface area contributed by atoms with Gasteiger partial charge in [0.2, 0.25) is 0 Å². The Morgan fingerprint density at radius 2 is 2.15 bits per heavy atom. The molecule has 0 aliphatic rings. The van der Waals surface area contributed by atoms with Crippen LogP contribution in [0.25, 0.3) is 0 Å². The number of rotatable bonds is 6. The van der Waals surface area contributed by atoms with Crippen LogP contribution >= 0.6 is 15.9 Å². The standard InChI is InChI=1S/C16H20BrN3/c1-3-7-19-16(15-6-4-5-12(2)20-15)9-13-8-14(17)11-18-10-13/h4-6,8,10-11,16,19H,3,7,9H2,1-2H3. The van der Waals surface area contributed by atoms with Crippen molar-refractivity contribution in [3.8, 4) is 0 Å². The monoisotopic (exact) mass is 333 g/mol. The van der Waals surface area contributed by atoms with Crippen LogP contribution < -0.4 is 5.32 Å². The minimum absolute atomic E-state index is 0.228. The number of nitrogens with zero attached hydrogens (tertiary/aromatic N) is 2. The molecule has 0 fully saturated rings. The Kier molecular flexibility index (Phi) is 5.68. The molecule has 4 heteroatoms. The van der Waals surface area contributed by atoms with Crippen molar-refractivity contribution in [2.75, 3.05) is 6.54 Å². The Labute approximate surface area is 129 Å². The summed E-state index contributed by atoms with van der Waals surface area (Å²) in [6, 6.07) is 8.53. The highest BCUT2D eigenvalue weighted by atomic mass is 79.9. The van der Waals surface area contributed by atoms with E-state index in [1.165, 1.54) is 5.56 Å². The minimum Gasteiger partial charge on any atom is -0.308 e. The van der Waals surface area contributed by atoms with Gasteiger partial charge in [-0.25, -0.2) is 0 Å². The highest BCUT2D eigenvalue weighted by Gasteiger charge is 2.13. The topological polar surface area (TPSA) is 37.8 Å². The first kappa shape index (κ1) is 15.1. The molecule has 2 aromatic rings. The molecule has 0 aliphatic carbocycles. The van der Waals surface area contributed by atoms with Crippen molar-refractivity contribution in [3.63, 3.8) is 0 Å². The summed E-state index contributed by atoms with van der Waals surface area (Å²) < 4.78 is 1.02. The number of aryl methyl sites for hydroxylation is 1. The van der Waals surface area contributed by atoms with Crippen LogP contribution in [-0.2, 0) is 6.42 Å². The van der Waals surface area contributed by atoms with E-state index in [1.807, 2.05) is 25.4 Å². The van der Waals surface area contributed by atoms with Crippen molar-refractivity contribution in [3.05, 3.63) is 58.1 Å². The van der Waals surface area contributed by atoms with Gasteiger partial charge in [0.25, 0.3) is 0 Å². The molecule has 1 unspecified atom stereocenters. The molecular weight excluding hydrogens is 314 g/mol. The van der Waals surface area contributed by atoms with Crippen molar-refractivity contribution >= 4 is 15.9 Å². The van der Waals surface area contributed by atoms with Crippen molar-refractivity contribution in [1.82, 2.24) is 15.3 Å². The van der Waals surface area contributed by atoms with Crippen LogP contribution in [0.1, 0.15) is 36.3 Å². The van der Waals surface area contributed by atoms with Crippen LogP contribution in [0, 0.1) is 6.92 Å². The first-order valence-electron chi connectivity index (χ1n) is 6.95. The van der Waals surface area contributed by atoms with Crippen LogP contribution in [0.3, 0.4) is 0 Å². The third-order valence-electron chi connectivity index (χ3n) is 3.11. The van der Waals surface area contributed by atoms with E-state index in [0.717, 1.165) is 35.2 Å². The quantitative estimate of drug-likeness (QED) is 0.872. The third-order valence-corrected chi connectivity index (χ3v) is 3.54. The molecule has 0 amide bonds. The molecule has 0 aliphatic heterocycles. The zero-order chi connectivity index (χ0) is 14.4. The summed E-state index contributed by atoms with van der Waals surface area (Å²) in [5, 5.41) is 3.58. The fourth-order valence-electron chi connectivity index (χ4n) is 2.16. The zero-order valence-corrected chi connectivity index (χ0v) is 13.5. The molecular formula is C16H20BrN3. The lowest BCUT2D eigenvalue weighted by atomic mass is 10.0. The van der Waals surface area contributed by atoms with Gasteiger partial charge in [0.15, 0.2) is 0 Å². The van der Waals surface area contributed by atoms with E-state index in [1.54, 1.807) is 0 Å². The van der Waals surface area contributed by atoms with E-state index in [4.69, 9.17) is 0 Å². The SMILES string of the molecule is CCCNC(Cc1cncc(Br)c1)c1cccc(C)n1. The highest BCUT2D eigenvalue weighted by molar-refractivity contribution is 9.10. The lowest BCUT2D eigenvalue weighted by Crippen LogP contribution is -2.25. The summed E-state index contributed by atoms with van der Waals surface area (Å²) in [7, 11) is 0. The predicted molar refractivity (Wildman–Crippen MR) is 85.6 cm³/mol. The Hall–Kier alpha value is -1.26. The van der Waals surface area contributed by atoms with Crippen LogP contribution in [-0.4, -0.2) is 16.5 Å². The number of hydrogen-bond donors (Lipinski definition) is 1. The molecule has 0 bridgehead atoms. The lowest BCUT2D eigenvalue weighted by Gasteiger charge is -2.18. The second kappa shape index (κ2) is 7.50. The molecule has 1 atom stereocenters. The van der Waals surface area contributed by atoms with Gasteiger partial charge in [-0.2, -0.15) is 0 Å². The average Bonchev–Trinajstić information content (AvgIpc) is 2.43. The largest absolute Gasteiger partial charge is 0.308 e. The van der Waals surface area contributed by atoms with Crippen LogP contribution in [0.2, 0.25) is 0 Å². The van der Waals surface area contributed by atoms with Gasteiger partial charge in [0.1, 0.15) is 0 Å². The number of aromatic nitrogens is 2. The second-order valence-corrected chi connectivity index (χ2v) is 5.84. The average molecular weight is 334 g/mol. The van der Waals surface area contributed by atoms with E-state index in [2.05, 4.69) is 56.3 Å². The second-order valence-electron chi connectivity index (χ2n) is 4.93. The fourth-order valence-corrected chi connectivity index (χ4v) is 2.57. The predicted octanol–water partition coefficient (Wildman–Crippen LogP) is 3.83. The first-order valence-corrected chi connectivity index (χ1v) is 7.74. The molecule has 1 N–H and O–H groups in total. The number of halogens is 1. The molecule has 0 spiro atoms. The van der Waals surface area contributed by atoms with E-state index in [9.17, 15) is 0 Å². The first-order chi connectivity index (χ1) is 9.69. The summed E-state index contributed by atoms with van der Waals surface area (Å²) >= 11 is 3.47. The Balaban J connectivity index is 2.19. The maximum Gasteiger partial charge on any atom is 0.0579 e. The van der Waals surface area contributed by atoms with Gasteiger partial charge in [0.05, 0.1) is 11.7 Å². The summed E-state index contributed by atoms with van der Waals surface area (Å²) in [5.74, 6) is 0. The van der Waals surface area contributed by atoms with Crippen LogP contribution in [0.15, 0.2) is 41.1 Å². The molecule has 0 radical (unpaired) electrons. The maximum absolute atomic E-state index is 4.65. The van der Waals surface area contributed by atoms with Gasteiger partial charge >= 0.3 is 0 Å². The Morgan fingerprint density at radius 3 is 2.85 bits per heavy atom. The zero-order valence-electron chi connectivity index (χ0n) is 11.9. The molecule has 20 heavy (non-hydrogen) atoms. The van der Waals surface area contributed by atoms with E-state index >= 15 is 0 Å². The molecule has 0 saturated heterocycles. The maximum atomic E-state index is 4.65. The van der Waals surface area contributed by atoms with Gasteiger partial charge in [-0.15, -0.1) is 0 Å². The Morgan fingerprint density at radius 1 is 1.30 bits per heavy atom. The van der Waals surface area contributed by atoms with Crippen molar-refractivity contribution in [2.24, 2.45) is 0 Å². The van der Waals surface area contributed by atoms with Crippen LogP contribution in [0.4, 0.5) is 0 Å². The number of nitrogens with one attached hydrogen (secondary N) is 1. The van der Waals surface area contributed by atoms with E-state index in [-0.39, 0.29) is 6.04 Å². The molecule has 0 aromatic carbocycles. The van der Waals surface area contributed by atoms with Gasteiger partial charge in [0, 0.05) is 22.6 Å². The molecule has 2 aromatic heterocycles. The summed E-state index contributed by atoms with van der Waals surface area (Å²) in [5.41, 5.74) is 3.35. The summed E-state index contributed by atoms with van der Waals surface area (Å²) in [4.78, 5) is 8.88. The van der Waals surface area contributed by atoms with Gasteiger partial charge < -0.3 is 5.32 Å². The molecule has 0 saturated carbocycles. The molecule has 3 nitrogen and oxygen atoms in total. The van der Waals surface area contributed by atoms with Gasteiger partial charge in [-0.3, -0.25) is 9.97 Å². The third kappa shape index (κ3) is 4.39. The van der Waals surface area contributed by atoms with Crippen molar-refractivity contribution in [1.29, 1.82) is 0 Å². The van der Waals surface area contributed by atoms with Crippen LogP contribution in [0.5, 0.6) is 0 Å². The van der Waals surface area contributed by atoms with Crippen molar-refractivity contribution < 1.29 is 0 Å².